The standard InChI is InChI=1S/C17H27NO4/c1-17(2,3)22-16(20)18(9-11-21-4)13-15-7-5-6-14(12-15)8-10-19/h5-7,12,19H,8-11,13H2,1-4H3. The maximum atomic E-state index is 12.3. The molecular formula is C17H27NO4. The molecule has 5 heteroatoms. The fourth-order valence-corrected chi connectivity index (χ4v) is 2.00. The molecule has 0 bridgehead atoms. The SMILES string of the molecule is COCCN(Cc1cccc(CCO)c1)C(=O)OC(C)(C)C. The van der Waals surface area contributed by atoms with Gasteiger partial charge in [-0.25, -0.2) is 4.79 Å². The van der Waals surface area contributed by atoms with Gasteiger partial charge in [0.1, 0.15) is 5.60 Å². The van der Waals surface area contributed by atoms with Crippen molar-refractivity contribution >= 4 is 6.09 Å². The summed E-state index contributed by atoms with van der Waals surface area (Å²) in [6, 6.07) is 7.86. The van der Waals surface area contributed by atoms with E-state index in [0.717, 1.165) is 11.1 Å². The van der Waals surface area contributed by atoms with E-state index in [9.17, 15) is 4.79 Å². The number of carbonyl (C=O) groups is 1. The molecule has 0 saturated heterocycles. The van der Waals surface area contributed by atoms with Gasteiger partial charge in [0.05, 0.1) is 6.61 Å². The van der Waals surface area contributed by atoms with Gasteiger partial charge in [0.2, 0.25) is 0 Å². The Kier molecular flexibility index (Phi) is 7.35. The third-order valence-corrected chi connectivity index (χ3v) is 2.98. The minimum Gasteiger partial charge on any atom is -0.444 e. The number of aliphatic hydroxyl groups is 1. The minimum absolute atomic E-state index is 0.114. The molecule has 1 aromatic rings. The lowest BCUT2D eigenvalue weighted by Crippen LogP contribution is -2.38. The molecule has 0 spiro atoms. The smallest absolute Gasteiger partial charge is 0.410 e. The molecule has 0 heterocycles. The van der Waals surface area contributed by atoms with Crippen molar-refractivity contribution in [3.63, 3.8) is 0 Å². The first kappa shape index (κ1) is 18.5. The molecule has 0 aliphatic heterocycles. The van der Waals surface area contributed by atoms with Gasteiger partial charge in [0, 0.05) is 26.8 Å². The molecule has 0 fully saturated rings. The molecule has 0 radical (unpaired) electrons. The average Bonchev–Trinajstić information content (AvgIpc) is 2.42. The molecule has 1 rings (SSSR count). The Hall–Kier alpha value is -1.59. The number of amides is 1. The second kappa shape index (κ2) is 8.76. The third kappa shape index (κ3) is 6.91. The summed E-state index contributed by atoms with van der Waals surface area (Å²) < 4.78 is 10.5. The van der Waals surface area contributed by atoms with Crippen molar-refractivity contribution in [2.75, 3.05) is 26.9 Å². The molecular weight excluding hydrogens is 282 g/mol. The third-order valence-electron chi connectivity index (χ3n) is 2.98. The summed E-state index contributed by atoms with van der Waals surface area (Å²) in [6.07, 6.45) is 0.260. The summed E-state index contributed by atoms with van der Waals surface area (Å²) in [5.41, 5.74) is 1.53. The van der Waals surface area contributed by atoms with Gasteiger partial charge >= 0.3 is 6.09 Å². The van der Waals surface area contributed by atoms with Crippen molar-refractivity contribution in [1.82, 2.24) is 4.90 Å². The summed E-state index contributed by atoms with van der Waals surface area (Å²) in [5.74, 6) is 0. The molecule has 0 aromatic heterocycles. The zero-order valence-corrected chi connectivity index (χ0v) is 14.0. The molecule has 0 aliphatic carbocycles. The van der Waals surface area contributed by atoms with E-state index in [4.69, 9.17) is 14.6 Å². The minimum atomic E-state index is -0.527. The highest BCUT2D eigenvalue weighted by atomic mass is 16.6. The van der Waals surface area contributed by atoms with Crippen LogP contribution >= 0.6 is 0 Å². The molecule has 0 aliphatic rings. The first-order valence-electron chi connectivity index (χ1n) is 7.51. The number of benzene rings is 1. The molecule has 5 nitrogen and oxygen atoms in total. The average molecular weight is 309 g/mol. The van der Waals surface area contributed by atoms with E-state index in [1.54, 1.807) is 12.0 Å². The molecule has 1 amide bonds. The van der Waals surface area contributed by atoms with Crippen molar-refractivity contribution in [2.45, 2.75) is 39.3 Å². The lowest BCUT2D eigenvalue weighted by Gasteiger charge is -2.27. The lowest BCUT2D eigenvalue weighted by molar-refractivity contribution is 0.0184. The lowest BCUT2D eigenvalue weighted by atomic mass is 10.1. The van der Waals surface area contributed by atoms with E-state index in [1.165, 1.54) is 0 Å². The Morgan fingerprint density at radius 2 is 1.95 bits per heavy atom. The molecule has 0 atom stereocenters. The molecule has 1 aromatic carbocycles. The molecule has 1 N–H and O–H groups in total. The first-order valence-corrected chi connectivity index (χ1v) is 7.51. The van der Waals surface area contributed by atoms with E-state index in [2.05, 4.69) is 0 Å². The second-order valence-electron chi connectivity index (χ2n) is 6.19. The van der Waals surface area contributed by atoms with Gasteiger partial charge in [-0.05, 0) is 38.3 Å². The maximum Gasteiger partial charge on any atom is 0.410 e. The zero-order valence-electron chi connectivity index (χ0n) is 14.0. The maximum absolute atomic E-state index is 12.3. The predicted molar refractivity (Wildman–Crippen MR) is 85.8 cm³/mol. The summed E-state index contributed by atoms with van der Waals surface area (Å²) in [7, 11) is 1.61. The Morgan fingerprint density at radius 3 is 2.55 bits per heavy atom. The van der Waals surface area contributed by atoms with Gasteiger partial charge < -0.3 is 19.5 Å². The van der Waals surface area contributed by atoms with E-state index < -0.39 is 5.60 Å². The van der Waals surface area contributed by atoms with Gasteiger partial charge in [0.25, 0.3) is 0 Å². The van der Waals surface area contributed by atoms with Crippen LogP contribution in [0.3, 0.4) is 0 Å². The van der Waals surface area contributed by atoms with Crippen LogP contribution in [-0.4, -0.2) is 48.6 Å². The number of ether oxygens (including phenoxy) is 2. The number of methoxy groups -OCH3 is 1. The number of hydrogen-bond acceptors (Lipinski definition) is 4. The van der Waals surface area contributed by atoms with Gasteiger partial charge in [-0.3, -0.25) is 0 Å². The number of aliphatic hydroxyl groups excluding tert-OH is 1. The van der Waals surface area contributed by atoms with Crippen molar-refractivity contribution < 1.29 is 19.4 Å². The molecule has 22 heavy (non-hydrogen) atoms. The van der Waals surface area contributed by atoms with Crippen LogP contribution in [0.2, 0.25) is 0 Å². The summed E-state index contributed by atoms with van der Waals surface area (Å²) >= 11 is 0. The Balaban J connectivity index is 2.79. The highest BCUT2D eigenvalue weighted by molar-refractivity contribution is 5.68. The van der Waals surface area contributed by atoms with Crippen LogP contribution in [0.4, 0.5) is 4.79 Å². The van der Waals surface area contributed by atoms with E-state index >= 15 is 0 Å². The number of rotatable bonds is 7. The Bertz CT molecular complexity index is 468. The van der Waals surface area contributed by atoms with Gasteiger partial charge in [0.15, 0.2) is 0 Å². The molecule has 124 valence electrons. The van der Waals surface area contributed by atoms with Crippen molar-refractivity contribution in [3.05, 3.63) is 35.4 Å². The Labute approximate surface area is 132 Å². The van der Waals surface area contributed by atoms with Crippen LogP contribution in [0, 0.1) is 0 Å². The molecule has 0 saturated carbocycles. The van der Waals surface area contributed by atoms with Crippen LogP contribution < -0.4 is 0 Å². The van der Waals surface area contributed by atoms with Crippen LogP contribution in [0.25, 0.3) is 0 Å². The van der Waals surface area contributed by atoms with Crippen LogP contribution in [-0.2, 0) is 22.4 Å². The van der Waals surface area contributed by atoms with Gasteiger partial charge in [-0.1, -0.05) is 24.3 Å². The van der Waals surface area contributed by atoms with Gasteiger partial charge in [-0.2, -0.15) is 0 Å². The van der Waals surface area contributed by atoms with Crippen molar-refractivity contribution in [3.8, 4) is 0 Å². The highest BCUT2D eigenvalue weighted by Crippen LogP contribution is 2.14. The van der Waals surface area contributed by atoms with Crippen LogP contribution in [0.5, 0.6) is 0 Å². The van der Waals surface area contributed by atoms with E-state index in [1.807, 2.05) is 45.0 Å². The van der Waals surface area contributed by atoms with Crippen LogP contribution in [0.15, 0.2) is 24.3 Å². The van der Waals surface area contributed by atoms with E-state index in [0.29, 0.717) is 26.1 Å². The van der Waals surface area contributed by atoms with Crippen molar-refractivity contribution in [2.24, 2.45) is 0 Å². The summed E-state index contributed by atoms with van der Waals surface area (Å²) in [4.78, 5) is 13.9. The normalized spacial score (nSPS) is 11.3. The topological polar surface area (TPSA) is 59.0 Å². The fourth-order valence-electron chi connectivity index (χ4n) is 2.00. The monoisotopic (exact) mass is 309 g/mol. The summed E-state index contributed by atoms with van der Waals surface area (Å²) in [6.45, 7) is 7.04. The molecule has 0 unspecified atom stereocenters. The van der Waals surface area contributed by atoms with Gasteiger partial charge in [-0.15, -0.1) is 0 Å². The fraction of sp³-hybridized carbons (Fsp3) is 0.588. The summed E-state index contributed by atoms with van der Waals surface area (Å²) in [5, 5.41) is 9.02. The Morgan fingerprint density at radius 1 is 1.27 bits per heavy atom. The second-order valence-corrected chi connectivity index (χ2v) is 6.19. The first-order chi connectivity index (χ1) is 10.4. The zero-order chi connectivity index (χ0) is 16.6. The number of nitrogens with zero attached hydrogens (tertiary/aromatic N) is 1. The number of hydrogen-bond donors (Lipinski definition) is 1. The number of carbonyl (C=O) groups excluding carboxylic acids is 1. The van der Waals surface area contributed by atoms with Crippen molar-refractivity contribution in [1.29, 1.82) is 0 Å². The van der Waals surface area contributed by atoms with Crippen LogP contribution in [0.1, 0.15) is 31.9 Å². The quantitative estimate of drug-likeness (QED) is 0.841. The highest BCUT2D eigenvalue weighted by Gasteiger charge is 2.22. The largest absolute Gasteiger partial charge is 0.444 e. The predicted octanol–water partition coefficient (Wildman–Crippen LogP) is 2.60. The van der Waals surface area contributed by atoms with E-state index in [-0.39, 0.29) is 12.7 Å².